The second-order valence-corrected chi connectivity index (χ2v) is 5.76. The van der Waals surface area contributed by atoms with E-state index in [1.165, 1.54) is 23.6 Å². The number of allylic oxidation sites excluding steroid dienone is 1. The summed E-state index contributed by atoms with van der Waals surface area (Å²) in [5, 5.41) is 1.47. The molecule has 0 bridgehead atoms. The van der Waals surface area contributed by atoms with Crippen LogP contribution in [0.3, 0.4) is 0 Å². The molecule has 0 fully saturated rings. The van der Waals surface area contributed by atoms with Crippen molar-refractivity contribution in [2.45, 2.75) is 32.2 Å². The average Bonchev–Trinajstić information content (AvgIpc) is 2.16. The largest absolute Gasteiger partial charge is 0.100 e. The molecule has 0 aliphatic carbocycles. The van der Waals surface area contributed by atoms with Crippen LogP contribution in [0.5, 0.6) is 0 Å². The molecule has 14 heavy (non-hydrogen) atoms. The van der Waals surface area contributed by atoms with Gasteiger partial charge in [0.05, 0.1) is 9.52 Å². The van der Waals surface area contributed by atoms with E-state index in [0.29, 0.717) is 0 Å². The van der Waals surface area contributed by atoms with Crippen LogP contribution < -0.4 is 5.19 Å². The summed E-state index contributed by atoms with van der Waals surface area (Å²) in [6.07, 6.45) is 2.43. The standard InChI is InChI=1S/C13H18Si/c1-11(2)9-10-12(3)14-13-7-5-4-6-8-13/h4-8,12H,1,9-10H2,2-3H3. The van der Waals surface area contributed by atoms with Crippen LogP contribution in [-0.4, -0.2) is 9.52 Å². The summed E-state index contributed by atoms with van der Waals surface area (Å²) >= 11 is 0. The molecular weight excluding hydrogens is 184 g/mol. The fourth-order valence-electron chi connectivity index (χ4n) is 1.35. The maximum Gasteiger partial charge on any atom is 0.0839 e. The molecule has 1 aromatic carbocycles. The summed E-state index contributed by atoms with van der Waals surface area (Å²) in [4.78, 5) is 0. The van der Waals surface area contributed by atoms with Crippen LogP contribution in [0.4, 0.5) is 0 Å². The zero-order valence-corrected chi connectivity index (χ0v) is 10.1. The van der Waals surface area contributed by atoms with Crippen molar-refractivity contribution >= 4 is 14.7 Å². The summed E-state index contributed by atoms with van der Waals surface area (Å²) in [5.74, 6) is 0. The fraction of sp³-hybridized carbons (Fsp3) is 0.385. The van der Waals surface area contributed by atoms with E-state index >= 15 is 0 Å². The molecule has 0 amide bonds. The molecule has 1 aromatic rings. The first kappa shape index (κ1) is 11.3. The Hall–Kier alpha value is -0.823. The topological polar surface area (TPSA) is 0 Å². The van der Waals surface area contributed by atoms with E-state index in [4.69, 9.17) is 0 Å². The Morgan fingerprint density at radius 3 is 2.57 bits per heavy atom. The smallest absolute Gasteiger partial charge is 0.0839 e. The van der Waals surface area contributed by atoms with Gasteiger partial charge in [-0.25, -0.2) is 0 Å². The lowest BCUT2D eigenvalue weighted by Crippen LogP contribution is -2.17. The predicted octanol–water partition coefficient (Wildman–Crippen LogP) is 3.18. The van der Waals surface area contributed by atoms with Gasteiger partial charge >= 0.3 is 0 Å². The zero-order valence-electron chi connectivity index (χ0n) is 9.09. The van der Waals surface area contributed by atoms with E-state index in [0.717, 1.165) is 15.1 Å². The molecule has 1 unspecified atom stereocenters. The third-order valence-electron chi connectivity index (χ3n) is 2.19. The lowest BCUT2D eigenvalue weighted by Gasteiger charge is -2.09. The van der Waals surface area contributed by atoms with Crippen LogP contribution in [0.2, 0.25) is 5.54 Å². The highest BCUT2D eigenvalue weighted by Gasteiger charge is 2.04. The van der Waals surface area contributed by atoms with Gasteiger partial charge in [-0.05, 0) is 25.3 Å². The first-order chi connectivity index (χ1) is 6.68. The Balaban J connectivity index is 2.34. The number of hydrogen-bond donors (Lipinski definition) is 0. The van der Waals surface area contributed by atoms with E-state index in [1.54, 1.807) is 0 Å². The Labute approximate surface area is 89.9 Å². The van der Waals surface area contributed by atoms with Crippen molar-refractivity contribution in [3.63, 3.8) is 0 Å². The maximum absolute atomic E-state index is 3.94. The molecule has 0 spiro atoms. The van der Waals surface area contributed by atoms with Gasteiger partial charge in [0.15, 0.2) is 0 Å². The minimum absolute atomic E-state index is 0.786. The molecule has 2 radical (unpaired) electrons. The van der Waals surface area contributed by atoms with Crippen LogP contribution in [0.1, 0.15) is 26.7 Å². The first-order valence-electron chi connectivity index (χ1n) is 5.14. The Morgan fingerprint density at radius 1 is 1.36 bits per heavy atom. The first-order valence-corrected chi connectivity index (χ1v) is 6.22. The highest BCUT2D eigenvalue weighted by Crippen LogP contribution is 2.13. The van der Waals surface area contributed by atoms with Crippen molar-refractivity contribution in [1.82, 2.24) is 0 Å². The van der Waals surface area contributed by atoms with Crippen LogP contribution in [0.15, 0.2) is 42.5 Å². The molecule has 1 heteroatoms. The molecule has 74 valence electrons. The third-order valence-corrected chi connectivity index (χ3v) is 3.64. The summed E-state index contributed by atoms with van der Waals surface area (Å²) in [7, 11) is 0.937. The van der Waals surface area contributed by atoms with Crippen LogP contribution >= 0.6 is 0 Å². The van der Waals surface area contributed by atoms with Gasteiger partial charge in [0, 0.05) is 0 Å². The molecule has 0 saturated carbocycles. The Kier molecular flexibility index (Phi) is 4.67. The van der Waals surface area contributed by atoms with Gasteiger partial charge in [-0.15, -0.1) is 6.58 Å². The van der Waals surface area contributed by atoms with Crippen molar-refractivity contribution in [3.05, 3.63) is 42.5 Å². The molecular formula is C13H18Si. The van der Waals surface area contributed by atoms with Gasteiger partial charge in [0.2, 0.25) is 0 Å². The van der Waals surface area contributed by atoms with E-state index in [1.807, 2.05) is 0 Å². The Morgan fingerprint density at radius 2 is 2.00 bits per heavy atom. The fourth-order valence-corrected chi connectivity index (χ4v) is 2.60. The normalized spacial score (nSPS) is 12.4. The quantitative estimate of drug-likeness (QED) is 0.508. The lowest BCUT2D eigenvalue weighted by atomic mass is 10.1. The second-order valence-electron chi connectivity index (χ2n) is 3.91. The summed E-state index contributed by atoms with van der Waals surface area (Å²) in [6, 6.07) is 10.7. The predicted molar refractivity (Wildman–Crippen MR) is 65.3 cm³/mol. The van der Waals surface area contributed by atoms with Gasteiger partial charge in [-0.1, -0.05) is 48.0 Å². The van der Waals surface area contributed by atoms with E-state index < -0.39 is 0 Å². The number of benzene rings is 1. The molecule has 0 nitrogen and oxygen atoms in total. The van der Waals surface area contributed by atoms with Crippen LogP contribution in [0, 0.1) is 0 Å². The van der Waals surface area contributed by atoms with Crippen molar-refractivity contribution < 1.29 is 0 Å². The Bertz CT molecular complexity index is 277. The van der Waals surface area contributed by atoms with Crippen molar-refractivity contribution in [2.75, 3.05) is 0 Å². The van der Waals surface area contributed by atoms with Crippen molar-refractivity contribution in [1.29, 1.82) is 0 Å². The highest BCUT2D eigenvalue weighted by atomic mass is 28.2. The lowest BCUT2D eigenvalue weighted by molar-refractivity contribution is 0.782. The van der Waals surface area contributed by atoms with E-state index in [9.17, 15) is 0 Å². The third kappa shape index (κ3) is 4.42. The monoisotopic (exact) mass is 202 g/mol. The second kappa shape index (κ2) is 5.81. The highest BCUT2D eigenvalue weighted by molar-refractivity contribution is 6.54. The molecule has 1 atom stereocenters. The number of hydrogen-bond acceptors (Lipinski definition) is 0. The SMILES string of the molecule is C=C(C)CCC(C)[Si]c1ccccc1. The van der Waals surface area contributed by atoms with Gasteiger partial charge in [-0.3, -0.25) is 0 Å². The summed E-state index contributed by atoms with van der Waals surface area (Å²) in [5.41, 5.74) is 2.09. The molecule has 0 aromatic heterocycles. The molecule has 1 rings (SSSR count). The summed E-state index contributed by atoms with van der Waals surface area (Å²) < 4.78 is 0. The zero-order chi connectivity index (χ0) is 10.4. The molecule has 0 heterocycles. The van der Waals surface area contributed by atoms with Gasteiger partial charge < -0.3 is 0 Å². The van der Waals surface area contributed by atoms with Crippen LogP contribution in [0.25, 0.3) is 0 Å². The van der Waals surface area contributed by atoms with Crippen molar-refractivity contribution in [2.24, 2.45) is 0 Å². The van der Waals surface area contributed by atoms with Gasteiger partial charge in [-0.2, -0.15) is 0 Å². The number of rotatable bonds is 5. The maximum atomic E-state index is 3.94. The van der Waals surface area contributed by atoms with Crippen molar-refractivity contribution in [3.8, 4) is 0 Å². The minimum atomic E-state index is 0.786. The molecule has 0 aliphatic heterocycles. The average molecular weight is 202 g/mol. The minimum Gasteiger partial charge on any atom is -0.100 e. The van der Waals surface area contributed by atoms with Gasteiger partial charge in [0.1, 0.15) is 0 Å². The molecule has 0 aliphatic rings. The van der Waals surface area contributed by atoms with E-state index in [2.05, 4.69) is 50.8 Å². The van der Waals surface area contributed by atoms with E-state index in [-0.39, 0.29) is 0 Å². The van der Waals surface area contributed by atoms with Crippen LogP contribution in [-0.2, 0) is 0 Å². The molecule has 0 N–H and O–H groups in total. The molecule has 0 saturated heterocycles. The van der Waals surface area contributed by atoms with Gasteiger partial charge in [0.25, 0.3) is 0 Å². The summed E-state index contributed by atoms with van der Waals surface area (Å²) in [6.45, 7) is 8.37.